The summed E-state index contributed by atoms with van der Waals surface area (Å²) in [4.78, 5) is 40.3. The second-order valence-corrected chi connectivity index (χ2v) is 17.1. The van der Waals surface area contributed by atoms with Crippen LogP contribution in [0.4, 0.5) is 9.59 Å². The van der Waals surface area contributed by atoms with Crippen LogP contribution in [-0.4, -0.2) is 47.0 Å². The first-order chi connectivity index (χ1) is 22.6. The van der Waals surface area contributed by atoms with Gasteiger partial charge in [-0.05, 0) is 134 Å². The minimum absolute atomic E-state index is 0.249. The molecule has 8 nitrogen and oxygen atoms in total. The third-order valence-electron chi connectivity index (χ3n) is 9.01. The van der Waals surface area contributed by atoms with E-state index in [4.69, 9.17) is 18.9 Å². The summed E-state index contributed by atoms with van der Waals surface area (Å²) in [7, 11) is 1.20. The predicted octanol–water partition coefficient (Wildman–Crippen LogP) is 11.2. The van der Waals surface area contributed by atoms with Crippen LogP contribution in [0.3, 0.4) is 0 Å². The number of rotatable bonds is 15. The van der Waals surface area contributed by atoms with E-state index in [0.29, 0.717) is 16.4 Å². The van der Waals surface area contributed by atoms with E-state index in [0.717, 1.165) is 54.4 Å². The maximum absolute atomic E-state index is 13.3. The van der Waals surface area contributed by atoms with Crippen molar-refractivity contribution in [1.82, 2.24) is 4.90 Å². The van der Waals surface area contributed by atoms with Crippen molar-refractivity contribution in [1.29, 1.82) is 0 Å². The fourth-order valence-corrected chi connectivity index (χ4v) is 6.33. The lowest BCUT2D eigenvalue weighted by atomic mass is 9.85. The van der Waals surface area contributed by atoms with Crippen molar-refractivity contribution < 1.29 is 33.3 Å². The van der Waals surface area contributed by atoms with Crippen LogP contribution in [0.1, 0.15) is 157 Å². The van der Waals surface area contributed by atoms with Gasteiger partial charge >= 0.3 is 18.2 Å². The lowest BCUT2D eigenvalue weighted by Crippen LogP contribution is -2.44. The van der Waals surface area contributed by atoms with E-state index in [9.17, 15) is 14.4 Å². The molecule has 8 heteroatoms. The van der Waals surface area contributed by atoms with E-state index in [1.165, 1.54) is 58.1 Å². The number of carbonyl (C=O) groups excluding carboxylic acids is 3. The topological polar surface area (TPSA) is 91.4 Å². The van der Waals surface area contributed by atoms with Crippen molar-refractivity contribution in [3.05, 3.63) is 34.5 Å². The van der Waals surface area contributed by atoms with Gasteiger partial charge in [-0.3, -0.25) is 0 Å². The predicted molar refractivity (Wildman–Crippen MR) is 198 cm³/mol. The Bertz CT molecular complexity index is 1260. The number of benzene rings is 1. The Morgan fingerprint density at radius 3 is 1.86 bits per heavy atom. The zero-order chi connectivity index (χ0) is 37.2. The lowest BCUT2D eigenvalue weighted by Gasteiger charge is -2.37. The largest absolute Gasteiger partial charge is 0.487 e. The molecular formula is C41H67NO7. The smallest absolute Gasteiger partial charge is 0.424 e. The standard InChI is InChI=1S/C41H67NO7/c1-28(2)17-14-18-29(3)19-15-20-30(4)21-16-23-41(12)24-22-33-26-32(25-31(5)35(33)47-41)27-34(36(43)46-13)42(37(44)48-39(6,7)8)38(45)49-40(9,10)11/h25-30H,14-24H2,1-13H3/b34-27-/t29-,30-,41-/m1/s1. The zero-order valence-corrected chi connectivity index (χ0v) is 33.0. The molecule has 0 bridgehead atoms. The summed E-state index contributed by atoms with van der Waals surface area (Å²) in [6, 6.07) is 3.83. The first-order valence-corrected chi connectivity index (χ1v) is 18.5. The Balaban J connectivity index is 2.16. The van der Waals surface area contributed by atoms with E-state index in [1.54, 1.807) is 41.5 Å². The van der Waals surface area contributed by atoms with Gasteiger partial charge in [0.25, 0.3) is 0 Å². The molecule has 0 spiro atoms. The van der Waals surface area contributed by atoms with Gasteiger partial charge in [-0.15, -0.1) is 0 Å². The van der Waals surface area contributed by atoms with Crippen LogP contribution in [0, 0.1) is 24.7 Å². The summed E-state index contributed by atoms with van der Waals surface area (Å²) in [5.41, 5.74) is 0.163. The van der Waals surface area contributed by atoms with Crippen molar-refractivity contribution in [3.8, 4) is 5.75 Å². The summed E-state index contributed by atoms with van der Waals surface area (Å²) < 4.78 is 22.7. The highest BCUT2D eigenvalue weighted by Gasteiger charge is 2.38. The molecule has 2 rings (SSSR count). The molecule has 3 atom stereocenters. The van der Waals surface area contributed by atoms with Crippen molar-refractivity contribution in [2.24, 2.45) is 17.8 Å². The van der Waals surface area contributed by atoms with Crippen LogP contribution in [0.15, 0.2) is 17.8 Å². The Hall–Kier alpha value is -3.03. The molecule has 1 aliphatic heterocycles. The Labute approximate surface area is 297 Å². The molecule has 1 aromatic rings. The Morgan fingerprint density at radius 1 is 0.857 bits per heavy atom. The van der Waals surface area contributed by atoms with Gasteiger partial charge in [0.05, 0.1) is 7.11 Å². The number of carbonyl (C=O) groups is 3. The molecule has 49 heavy (non-hydrogen) atoms. The summed E-state index contributed by atoms with van der Waals surface area (Å²) in [6.07, 6.45) is 12.4. The molecule has 0 radical (unpaired) electrons. The monoisotopic (exact) mass is 685 g/mol. The SMILES string of the molecule is COC(=O)/C(=C/c1cc(C)c2c(c1)CC[C@@](C)(CCC[C@H](C)CCC[C@H](C)CCCC(C)C)O2)N(C(=O)OC(C)(C)C)C(=O)OC(C)(C)C. The molecule has 0 aromatic heterocycles. The third kappa shape index (κ3) is 14.8. The minimum atomic E-state index is -1.03. The maximum atomic E-state index is 13.3. The quantitative estimate of drug-likeness (QED) is 0.103. The van der Waals surface area contributed by atoms with Gasteiger partial charge in [0.1, 0.15) is 28.2 Å². The number of esters is 1. The highest BCUT2D eigenvalue weighted by Crippen LogP contribution is 2.40. The Morgan fingerprint density at radius 2 is 1.37 bits per heavy atom. The highest BCUT2D eigenvalue weighted by molar-refractivity contribution is 6.04. The fourth-order valence-electron chi connectivity index (χ4n) is 6.33. The molecule has 1 aliphatic rings. The first-order valence-electron chi connectivity index (χ1n) is 18.5. The normalized spacial score (nSPS) is 17.9. The average Bonchev–Trinajstić information content (AvgIpc) is 2.95. The summed E-state index contributed by atoms with van der Waals surface area (Å²) in [6.45, 7) is 23.7. The summed E-state index contributed by atoms with van der Waals surface area (Å²) in [5, 5.41) is 0. The third-order valence-corrected chi connectivity index (χ3v) is 9.01. The molecular weight excluding hydrogens is 618 g/mol. The van der Waals surface area contributed by atoms with Crippen LogP contribution in [-0.2, 0) is 25.4 Å². The second-order valence-electron chi connectivity index (χ2n) is 17.1. The van der Waals surface area contributed by atoms with Crippen LogP contribution in [0.25, 0.3) is 6.08 Å². The van der Waals surface area contributed by atoms with Crippen LogP contribution < -0.4 is 4.74 Å². The van der Waals surface area contributed by atoms with E-state index in [1.807, 2.05) is 19.1 Å². The van der Waals surface area contributed by atoms with Crippen LogP contribution in [0.2, 0.25) is 0 Å². The number of aryl methyl sites for hydroxylation is 2. The molecule has 1 aromatic carbocycles. The van der Waals surface area contributed by atoms with Crippen molar-refractivity contribution in [2.75, 3.05) is 7.11 Å². The molecule has 1 heterocycles. The first kappa shape index (κ1) is 42.1. The van der Waals surface area contributed by atoms with Crippen LogP contribution >= 0.6 is 0 Å². The molecule has 0 aliphatic carbocycles. The molecule has 0 saturated heterocycles. The van der Waals surface area contributed by atoms with Gasteiger partial charge < -0.3 is 18.9 Å². The van der Waals surface area contributed by atoms with Crippen molar-refractivity contribution in [2.45, 2.75) is 171 Å². The van der Waals surface area contributed by atoms with Crippen molar-refractivity contribution in [3.63, 3.8) is 0 Å². The molecule has 0 N–H and O–H groups in total. The number of amides is 2. The minimum Gasteiger partial charge on any atom is -0.487 e. The second kappa shape index (κ2) is 18.3. The van der Waals surface area contributed by atoms with E-state index >= 15 is 0 Å². The van der Waals surface area contributed by atoms with Gasteiger partial charge in [-0.1, -0.05) is 72.6 Å². The van der Waals surface area contributed by atoms with Gasteiger partial charge in [-0.2, -0.15) is 4.90 Å². The molecule has 2 amide bonds. The van der Waals surface area contributed by atoms with Gasteiger partial charge in [-0.25, -0.2) is 14.4 Å². The highest BCUT2D eigenvalue weighted by atomic mass is 16.6. The van der Waals surface area contributed by atoms with Gasteiger partial charge in [0.2, 0.25) is 0 Å². The number of fused-ring (bicyclic) bond motifs is 1. The number of nitrogens with zero attached hydrogens (tertiary/aromatic N) is 1. The zero-order valence-electron chi connectivity index (χ0n) is 33.0. The maximum Gasteiger partial charge on any atom is 0.424 e. The van der Waals surface area contributed by atoms with E-state index in [-0.39, 0.29) is 11.3 Å². The fraction of sp³-hybridized carbons (Fsp3) is 0.732. The number of hydrogen-bond donors (Lipinski definition) is 0. The van der Waals surface area contributed by atoms with Gasteiger partial charge in [0, 0.05) is 0 Å². The van der Waals surface area contributed by atoms with E-state index in [2.05, 4.69) is 34.6 Å². The number of methoxy groups -OCH3 is 1. The molecule has 0 saturated carbocycles. The molecule has 0 unspecified atom stereocenters. The Kier molecular flexibility index (Phi) is 15.7. The number of imide groups is 1. The van der Waals surface area contributed by atoms with Crippen molar-refractivity contribution >= 4 is 24.2 Å². The number of hydrogen-bond acceptors (Lipinski definition) is 7. The van der Waals surface area contributed by atoms with Crippen LogP contribution in [0.5, 0.6) is 5.75 Å². The lowest BCUT2D eigenvalue weighted by molar-refractivity contribution is -0.137. The number of ether oxygens (including phenoxy) is 4. The van der Waals surface area contributed by atoms with E-state index < -0.39 is 29.4 Å². The molecule has 0 fully saturated rings. The average molecular weight is 686 g/mol. The molecule has 278 valence electrons. The summed E-state index contributed by atoms with van der Waals surface area (Å²) in [5.74, 6) is 2.32. The summed E-state index contributed by atoms with van der Waals surface area (Å²) >= 11 is 0. The van der Waals surface area contributed by atoms with Gasteiger partial charge in [0.15, 0.2) is 0 Å².